The van der Waals surface area contributed by atoms with Gasteiger partial charge in [-0.15, -0.1) is 0 Å². The van der Waals surface area contributed by atoms with Crippen LogP contribution < -0.4 is 15.5 Å². The number of aromatic nitrogens is 2. The Hall–Kier alpha value is -3.61. The largest absolute Gasteiger partial charge is 0.352 e. The fourth-order valence-corrected chi connectivity index (χ4v) is 3.91. The lowest BCUT2D eigenvalue weighted by Crippen LogP contribution is -2.36. The number of hydrogen-bond donors (Lipinski definition) is 2. The first kappa shape index (κ1) is 21.6. The van der Waals surface area contributed by atoms with Crippen molar-refractivity contribution in [3.05, 3.63) is 83.4 Å². The highest BCUT2D eigenvalue weighted by Gasteiger charge is 2.21. The quantitative estimate of drug-likeness (QED) is 0.446. The van der Waals surface area contributed by atoms with E-state index >= 15 is 0 Å². The molecule has 166 valence electrons. The van der Waals surface area contributed by atoms with E-state index < -0.39 is 0 Å². The van der Waals surface area contributed by atoms with Crippen molar-refractivity contribution in [1.29, 1.82) is 0 Å². The predicted molar refractivity (Wildman–Crippen MR) is 128 cm³/mol. The second kappa shape index (κ2) is 10.1. The zero-order chi connectivity index (χ0) is 22.3. The average molecular weight is 431 g/mol. The summed E-state index contributed by atoms with van der Waals surface area (Å²) in [7, 11) is 1.77. The molecule has 1 amide bonds. The van der Waals surface area contributed by atoms with Crippen LogP contribution in [0.25, 0.3) is 0 Å². The number of aryl methyl sites for hydroxylation is 1. The highest BCUT2D eigenvalue weighted by Crippen LogP contribution is 2.21. The molecule has 3 aromatic rings. The van der Waals surface area contributed by atoms with E-state index in [1.54, 1.807) is 7.05 Å². The van der Waals surface area contributed by atoms with Gasteiger partial charge < -0.3 is 20.1 Å². The van der Waals surface area contributed by atoms with Crippen molar-refractivity contribution in [3.63, 3.8) is 0 Å². The molecule has 2 N–H and O–H groups in total. The van der Waals surface area contributed by atoms with Gasteiger partial charge >= 0.3 is 0 Å². The van der Waals surface area contributed by atoms with E-state index in [9.17, 15) is 4.79 Å². The topological polar surface area (TPSA) is 74.6 Å². The van der Waals surface area contributed by atoms with Crippen LogP contribution in [0.15, 0.2) is 65.9 Å². The molecule has 0 aliphatic carbocycles. The predicted octanol–water partition coefficient (Wildman–Crippen LogP) is 3.23. The SMILES string of the molecule is CN=C(NCc1ccc(N2CCCC2=O)cc1)NCc1cccc(Cn2ccnc2C)c1. The Morgan fingerprint density at radius 1 is 1.06 bits per heavy atom. The van der Waals surface area contributed by atoms with Gasteiger partial charge in [-0.05, 0) is 42.2 Å². The fourth-order valence-electron chi connectivity index (χ4n) is 3.91. The first-order valence-corrected chi connectivity index (χ1v) is 11.0. The third kappa shape index (κ3) is 5.35. The number of benzene rings is 2. The number of guanidine groups is 1. The maximum absolute atomic E-state index is 11.9. The van der Waals surface area contributed by atoms with Gasteiger partial charge in [-0.3, -0.25) is 9.79 Å². The molecule has 7 nitrogen and oxygen atoms in total. The summed E-state index contributed by atoms with van der Waals surface area (Å²) in [6.45, 7) is 4.99. The van der Waals surface area contributed by atoms with E-state index in [-0.39, 0.29) is 5.91 Å². The van der Waals surface area contributed by atoms with Crippen molar-refractivity contribution in [3.8, 4) is 0 Å². The molecule has 0 radical (unpaired) electrons. The minimum absolute atomic E-state index is 0.213. The van der Waals surface area contributed by atoms with Crippen molar-refractivity contribution >= 4 is 17.6 Å². The highest BCUT2D eigenvalue weighted by atomic mass is 16.2. The first-order valence-electron chi connectivity index (χ1n) is 11.0. The van der Waals surface area contributed by atoms with Crippen molar-refractivity contribution < 1.29 is 4.79 Å². The van der Waals surface area contributed by atoms with Crippen LogP contribution in [0.1, 0.15) is 35.4 Å². The molecule has 1 aromatic heterocycles. The van der Waals surface area contributed by atoms with E-state index in [4.69, 9.17) is 0 Å². The standard InChI is InChI=1S/C25H30N6O/c1-19-27-12-14-30(19)18-22-6-3-5-21(15-22)17-29-25(26-2)28-16-20-8-10-23(11-9-20)31-13-4-7-24(31)32/h3,5-6,8-12,14-15H,4,7,13,16-18H2,1-2H3,(H2,26,28,29). The molecule has 1 aliphatic heterocycles. The van der Waals surface area contributed by atoms with E-state index in [0.29, 0.717) is 19.5 Å². The molecule has 1 saturated heterocycles. The number of aliphatic imine (C=N–C) groups is 1. The number of anilines is 1. The van der Waals surface area contributed by atoms with Crippen LogP contribution in [0.5, 0.6) is 0 Å². The molecule has 32 heavy (non-hydrogen) atoms. The average Bonchev–Trinajstić information content (AvgIpc) is 3.42. The normalized spacial score (nSPS) is 14.1. The molecule has 0 unspecified atom stereocenters. The number of imidazole rings is 1. The molecule has 7 heteroatoms. The van der Waals surface area contributed by atoms with Gasteiger partial charge in [-0.1, -0.05) is 36.4 Å². The third-order valence-corrected chi connectivity index (χ3v) is 5.73. The Kier molecular flexibility index (Phi) is 6.84. The van der Waals surface area contributed by atoms with Gasteiger partial charge in [0.15, 0.2) is 5.96 Å². The summed E-state index contributed by atoms with van der Waals surface area (Å²) in [5.41, 5.74) is 4.55. The summed E-state index contributed by atoms with van der Waals surface area (Å²) < 4.78 is 2.14. The van der Waals surface area contributed by atoms with Crippen molar-refractivity contribution in [1.82, 2.24) is 20.2 Å². The van der Waals surface area contributed by atoms with E-state index in [2.05, 4.69) is 61.6 Å². The van der Waals surface area contributed by atoms with Gasteiger partial charge in [-0.25, -0.2) is 4.98 Å². The number of rotatable bonds is 7. The van der Waals surface area contributed by atoms with Gasteiger partial charge in [0, 0.05) is 57.7 Å². The molecule has 2 heterocycles. The Labute approximate surface area is 189 Å². The van der Waals surface area contributed by atoms with Crippen molar-refractivity contribution in [2.45, 2.75) is 39.4 Å². The third-order valence-electron chi connectivity index (χ3n) is 5.73. The molecule has 4 rings (SSSR count). The monoisotopic (exact) mass is 430 g/mol. The smallest absolute Gasteiger partial charge is 0.227 e. The summed E-state index contributed by atoms with van der Waals surface area (Å²) >= 11 is 0. The molecule has 1 aliphatic rings. The molecule has 0 saturated carbocycles. The van der Waals surface area contributed by atoms with Gasteiger partial charge in [0.05, 0.1) is 0 Å². The number of carbonyl (C=O) groups is 1. The number of amides is 1. The van der Waals surface area contributed by atoms with Crippen LogP contribution in [0.3, 0.4) is 0 Å². The Bertz CT molecular complexity index is 1090. The Morgan fingerprint density at radius 2 is 1.81 bits per heavy atom. The van der Waals surface area contributed by atoms with E-state index in [0.717, 1.165) is 42.5 Å². The summed E-state index contributed by atoms with van der Waals surface area (Å²) in [5.74, 6) is 1.97. The van der Waals surface area contributed by atoms with Crippen LogP contribution >= 0.6 is 0 Å². The summed E-state index contributed by atoms with van der Waals surface area (Å²) in [6.07, 6.45) is 5.42. The zero-order valence-electron chi connectivity index (χ0n) is 18.7. The molecule has 0 bridgehead atoms. The Morgan fingerprint density at radius 3 is 2.47 bits per heavy atom. The van der Waals surface area contributed by atoms with Crippen LogP contribution in [0.4, 0.5) is 5.69 Å². The van der Waals surface area contributed by atoms with Gasteiger partial charge in [-0.2, -0.15) is 0 Å². The Balaban J connectivity index is 1.28. The second-order valence-electron chi connectivity index (χ2n) is 8.02. The van der Waals surface area contributed by atoms with Crippen molar-refractivity contribution in [2.75, 3.05) is 18.5 Å². The minimum atomic E-state index is 0.213. The van der Waals surface area contributed by atoms with Crippen LogP contribution in [-0.2, 0) is 24.4 Å². The lowest BCUT2D eigenvalue weighted by atomic mass is 10.1. The second-order valence-corrected chi connectivity index (χ2v) is 8.02. The highest BCUT2D eigenvalue weighted by molar-refractivity contribution is 5.95. The maximum Gasteiger partial charge on any atom is 0.227 e. The lowest BCUT2D eigenvalue weighted by Gasteiger charge is -2.16. The zero-order valence-corrected chi connectivity index (χ0v) is 18.7. The minimum Gasteiger partial charge on any atom is -0.352 e. The molecule has 2 aromatic carbocycles. The molecular weight excluding hydrogens is 400 g/mol. The lowest BCUT2D eigenvalue weighted by molar-refractivity contribution is -0.117. The first-order chi connectivity index (χ1) is 15.6. The maximum atomic E-state index is 11.9. The number of nitrogens with zero attached hydrogens (tertiary/aromatic N) is 4. The van der Waals surface area contributed by atoms with Gasteiger partial charge in [0.2, 0.25) is 5.91 Å². The fraction of sp³-hybridized carbons (Fsp3) is 0.320. The number of nitrogens with one attached hydrogen (secondary N) is 2. The van der Waals surface area contributed by atoms with Crippen molar-refractivity contribution in [2.24, 2.45) is 4.99 Å². The molecular formula is C25H30N6O. The summed E-state index contributed by atoms with van der Waals surface area (Å²) in [5, 5.41) is 6.74. The summed E-state index contributed by atoms with van der Waals surface area (Å²) in [6, 6.07) is 16.7. The van der Waals surface area contributed by atoms with Crippen LogP contribution in [-0.4, -0.2) is 35.0 Å². The summed E-state index contributed by atoms with van der Waals surface area (Å²) in [4.78, 5) is 22.4. The molecule has 0 spiro atoms. The van der Waals surface area contributed by atoms with E-state index in [1.807, 2.05) is 36.4 Å². The van der Waals surface area contributed by atoms with Crippen LogP contribution in [0.2, 0.25) is 0 Å². The number of carbonyl (C=O) groups excluding carboxylic acids is 1. The number of hydrogen-bond acceptors (Lipinski definition) is 3. The van der Waals surface area contributed by atoms with Gasteiger partial charge in [0.25, 0.3) is 0 Å². The van der Waals surface area contributed by atoms with Crippen LogP contribution in [0, 0.1) is 6.92 Å². The molecule has 0 atom stereocenters. The molecule has 1 fully saturated rings. The van der Waals surface area contributed by atoms with Gasteiger partial charge in [0.1, 0.15) is 5.82 Å². The van der Waals surface area contributed by atoms with E-state index in [1.165, 1.54) is 11.1 Å².